The highest BCUT2D eigenvalue weighted by atomic mass is 32.2. The second-order valence-electron chi connectivity index (χ2n) is 4.49. The fraction of sp³-hybridized carbons (Fsp3) is 0.385. The molecule has 1 atom stereocenters. The Bertz CT molecular complexity index is 531. The van der Waals surface area contributed by atoms with Crippen LogP contribution in [-0.2, 0) is 0 Å². The van der Waals surface area contributed by atoms with Gasteiger partial charge in [-0.15, -0.1) is 0 Å². The molecule has 2 aromatic rings. The lowest BCUT2D eigenvalue weighted by Crippen LogP contribution is -2.16. The summed E-state index contributed by atoms with van der Waals surface area (Å²) < 4.78 is 2.25. The molecule has 0 radical (unpaired) electrons. The van der Waals surface area contributed by atoms with Crippen molar-refractivity contribution in [1.82, 2.24) is 14.5 Å². The summed E-state index contributed by atoms with van der Waals surface area (Å²) in [5, 5.41) is 0. The molecule has 2 N–H and O–H groups in total. The maximum atomic E-state index is 5.95. The van der Waals surface area contributed by atoms with Gasteiger partial charge in [0.1, 0.15) is 5.82 Å². The summed E-state index contributed by atoms with van der Waals surface area (Å²) in [4.78, 5) is 8.44. The van der Waals surface area contributed by atoms with E-state index in [4.69, 9.17) is 5.73 Å². The largest absolute Gasteiger partial charge is 0.383 e. The van der Waals surface area contributed by atoms with Gasteiger partial charge < -0.3 is 10.3 Å². The van der Waals surface area contributed by atoms with Crippen LogP contribution in [0.15, 0.2) is 30.9 Å². The van der Waals surface area contributed by atoms with Gasteiger partial charge in [-0.05, 0) is 30.7 Å². The van der Waals surface area contributed by atoms with Crippen molar-refractivity contribution < 1.29 is 0 Å². The normalized spacial score (nSPS) is 19.9. The van der Waals surface area contributed by atoms with E-state index in [9.17, 15) is 0 Å². The quantitative estimate of drug-likeness (QED) is 0.901. The molecule has 5 heteroatoms. The molecular weight excluding hydrogens is 244 g/mol. The predicted octanol–water partition coefficient (Wildman–Crippen LogP) is 2.60. The highest BCUT2D eigenvalue weighted by molar-refractivity contribution is 7.99. The first-order valence-corrected chi connectivity index (χ1v) is 7.32. The first kappa shape index (κ1) is 11.6. The van der Waals surface area contributed by atoms with E-state index in [1.54, 1.807) is 6.20 Å². The van der Waals surface area contributed by atoms with Gasteiger partial charge in [-0.3, -0.25) is 0 Å². The summed E-state index contributed by atoms with van der Waals surface area (Å²) in [5.41, 5.74) is 8.01. The number of hydrogen-bond donors (Lipinski definition) is 1. The van der Waals surface area contributed by atoms with Crippen LogP contribution < -0.4 is 5.73 Å². The maximum Gasteiger partial charge on any atom is 0.132 e. The molecule has 4 nitrogen and oxygen atoms in total. The lowest BCUT2D eigenvalue weighted by atomic mass is 10.1. The average molecular weight is 260 g/mol. The van der Waals surface area contributed by atoms with Crippen LogP contribution in [0.4, 0.5) is 5.82 Å². The average Bonchev–Trinajstić information content (AvgIpc) is 2.89. The molecule has 1 fully saturated rings. The zero-order chi connectivity index (χ0) is 12.4. The van der Waals surface area contributed by atoms with Crippen LogP contribution >= 0.6 is 11.8 Å². The minimum atomic E-state index is 0.529. The van der Waals surface area contributed by atoms with E-state index in [0.29, 0.717) is 11.9 Å². The van der Waals surface area contributed by atoms with Gasteiger partial charge >= 0.3 is 0 Å². The molecule has 0 aromatic carbocycles. The molecule has 0 amide bonds. The van der Waals surface area contributed by atoms with Crippen molar-refractivity contribution in [3.05, 3.63) is 30.9 Å². The smallest absolute Gasteiger partial charge is 0.132 e. The van der Waals surface area contributed by atoms with E-state index in [0.717, 1.165) is 17.0 Å². The summed E-state index contributed by atoms with van der Waals surface area (Å²) in [7, 11) is 0. The van der Waals surface area contributed by atoms with Crippen LogP contribution in [0, 0.1) is 0 Å². The molecular formula is C13H16N4S. The van der Waals surface area contributed by atoms with Gasteiger partial charge in [0.2, 0.25) is 0 Å². The third-order valence-electron chi connectivity index (χ3n) is 3.31. The summed E-state index contributed by atoms with van der Waals surface area (Å²) in [5.74, 6) is 3.00. The van der Waals surface area contributed by atoms with Gasteiger partial charge in [-0.25, -0.2) is 9.97 Å². The maximum absolute atomic E-state index is 5.95. The molecule has 0 bridgehead atoms. The predicted molar refractivity (Wildman–Crippen MR) is 75.5 cm³/mol. The number of anilines is 1. The van der Waals surface area contributed by atoms with Crippen molar-refractivity contribution >= 4 is 17.6 Å². The third-order valence-corrected chi connectivity index (χ3v) is 4.51. The molecule has 2 aromatic heterocycles. The Hall–Kier alpha value is -1.49. The Labute approximate surface area is 111 Å². The first-order valence-electron chi connectivity index (χ1n) is 6.16. The van der Waals surface area contributed by atoms with E-state index < -0.39 is 0 Å². The van der Waals surface area contributed by atoms with E-state index in [1.807, 2.05) is 36.4 Å². The van der Waals surface area contributed by atoms with Crippen LogP contribution in [-0.4, -0.2) is 26.0 Å². The van der Waals surface area contributed by atoms with Crippen molar-refractivity contribution in [2.45, 2.75) is 18.9 Å². The second kappa shape index (κ2) is 5.02. The van der Waals surface area contributed by atoms with Crippen molar-refractivity contribution in [2.75, 3.05) is 17.2 Å². The van der Waals surface area contributed by atoms with Crippen molar-refractivity contribution in [3.63, 3.8) is 0 Å². The molecule has 3 heterocycles. The Kier molecular flexibility index (Phi) is 3.23. The molecule has 18 heavy (non-hydrogen) atoms. The Morgan fingerprint density at radius 2 is 2.39 bits per heavy atom. The zero-order valence-corrected chi connectivity index (χ0v) is 10.9. The molecule has 0 saturated carbocycles. The van der Waals surface area contributed by atoms with Crippen molar-refractivity contribution in [3.8, 4) is 11.3 Å². The standard InChI is InChI=1S/C13H16N4S/c14-13-11(4-1-5-16-13)12-7-15-9-17(12)10-3-2-6-18-8-10/h1,4-5,7,9-10H,2-3,6,8H2,(H2,14,16). The number of nitrogen functional groups attached to an aromatic ring is 1. The summed E-state index contributed by atoms with van der Waals surface area (Å²) in [6, 6.07) is 4.45. The van der Waals surface area contributed by atoms with Gasteiger partial charge in [0.05, 0.1) is 18.2 Å². The van der Waals surface area contributed by atoms with Crippen LogP contribution in [0.25, 0.3) is 11.3 Å². The first-order chi connectivity index (χ1) is 8.86. The Morgan fingerprint density at radius 3 is 3.17 bits per heavy atom. The summed E-state index contributed by atoms with van der Waals surface area (Å²) >= 11 is 2.01. The topological polar surface area (TPSA) is 56.7 Å². The number of pyridine rings is 1. The Balaban J connectivity index is 1.98. The molecule has 1 aliphatic heterocycles. The second-order valence-corrected chi connectivity index (χ2v) is 5.64. The summed E-state index contributed by atoms with van der Waals surface area (Å²) in [6.45, 7) is 0. The van der Waals surface area contributed by atoms with Gasteiger partial charge in [-0.1, -0.05) is 0 Å². The van der Waals surface area contributed by atoms with Gasteiger partial charge in [0.15, 0.2) is 0 Å². The number of hydrogen-bond acceptors (Lipinski definition) is 4. The van der Waals surface area contributed by atoms with Crippen LogP contribution in [0.5, 0.6) is 0 Å². The van der Waals surface area contributed by atoms with E-state index in [-0.39, 0.29) is 0 Å². The number of imidazole rings is 1. The SMILES string of the molecule is Nc1ncccc1-c1cncn1C1CCCSC1. The van der Waals surface area contributed by atoms with E-state index in [2.05, 4.69) is 14.5 Å². The van der Waals surface area contributed by atoms with Gasteiger partial charge in [0, 0.05) is 23.6 Å². The minimum absolute atomic E-state index is 0.529. The highest BCUT2D eigenvalue weighted by Crippen LogP contribution is 2.32. The van der Waals surface area contributed by atoms with Crippen LogP contribution in [0.2, 0.25) is 0 Å². The molecule has 0 aliphatic carbocycles. The highest BCUT2D eigenvalue weighted by Gasteiger charge is 2.19. The summed E-state index contributed by atoms with van der Waals surface area (Å²) in [6.07, 6.45) is 8.01. The van der Waals surface area contributed by atoms with Gasteiger partial charge in [-0.2, -0.15) is 11.8 Å². The lowest BCUT2D eigenvalue weighted by Gasteiger charge is -2.24. The van der Waals surface area contributed by atoms with E-state index >= 15 is 0 Å². The minimum Gasteiger partial charge on any atom is -0.383 e. The van der Waals surface area contributed by atoms with Crippen molar-refractivity contribution in [2.24, 2.45) is 0 Å². The number of thioether (sulfide) groups is 1. The fourth-order valence-electron chi connectivity index (χ4n) is 2.38. The molecule has 94 valence electrons. The molecule has 3 rings (SSSR count). The monoisotopic (exact) mass is 260 g/mol. The molecule has 0 spiro atoms. The van der Waals surface area contributed by atoms with Crippen molar-refractivity contribution in [1.29, 1.82) is 0 Å². The number of rotatable bonds is 2. The fourth-order valence-corrected chi connectivity index (χ4v) is 3.52. The van der Waals surface area contributed by atoms with Crippen LogP contribution in [0.3, 0.4) is 0 Å². The van der Waals surface area contributed by atoms with E-state index in [1.165, 1.54) is 18.6 Å². The Morgan fingerprint density at radius 1 is 1.44 bits per heavy atom. The lowest BCUT2D eigenvalue weighted by molar-refractivity contribution is 0.503. The number of nitrogens with two attached hydrogens (primary N) is 1. The number of nitrogens with zero attached hydrogens (tertiary/aromatic N) is 3. The zero-order valence-electron chi connectivity index (χ0n) is 10.1. The van der Waals surface area contributed by atoms with Gasteiger partial charge in [0.25, 0.3) is 0 Å². The number of aromatic nitrogens is 3. The molecule has 1 unspecified atom stereocenters. The molecule has 1 aliphatic rings. The molecule has 1 saturated heterocycles. The third kappa shape index (κ3) is 2.10. The van der Waals surface area contributed by atoms with Crippen LogP contribution in [0.1, 0.15) is 18.9 Å².